The highest BCUT2D eigenvalue weighted by Crippen LogP contribution is 2.29. The van der Waals surface area contributed by atoms with Crippen LogP contribution in [0.4, 0.5) is 0 Å². The van der Waals surface area contributed by atoms with Crippen LogP contribution in [0, 0.1) is 0 Å². The molecule has 0 aliphatic carbocycles. The maximum absolute atomic E-state index is 4.20. The van der Waals surface area contributed by atoms with Crippen molar-refractivity contribution in [2.24, 2.45) is 4.99 Å². The molecule has 2 heterocycles. The normalized spacial score (nSPS) is 17.4. The van der Waals surface area contributed by atoms with E-state index in [0.717, 1.165) is 6.54 Å². The van der Waals surface area contributed by atoms with Crippen molar-refractivity contribution in [3.05, 3.63) is 47.8 Å². The predicted molar refractivity (Wildman–Crippen MR) is 58.7 cm³/mol. The minimum absolute atomic E-state index is 0.872. The van der Waals surface area contributed by atoms with Gasteiger partial charge < -0.3 is 4.90 Å². The smallest absolute Gasteiger partial charge is 0.0675 e. The van der Waals surface area contributed by atoms with Crippen LogP contribution in [0.2, 0.25) is 0 Å². The van der Waals surface area contributed by atoms with Gasteiger partial charge in [-0.2, -0.15) is 0 Å². The van der Waals surface area contributed by atoms with Crippen molar-refractivity contribution < 1.29 is 0 Å². The molecule has 0 aromatic heterocycles. The Bertz CT molecular complexity index is 455. The molecule has 14 heavy (non-hydrogen) atoms. The molecule has 3 rings (SSSR count). The largest absolute Gasteiger partial charge is 0.341 e. The molecule has 2 aliphatic rings. The van der Waals surface area contributed by atoms with E-state index in [1.807, 2.05) is 12.4 Å². The van der Waals surface area contributed by atoms with Crippen LogP contribution in [0.5, 0.6) is 0 Å². The Hall–Kier alpha value is -1.83. The van der Waals surface area contributed by atoms with Gasteiger partial charge >= 0.3 is 0 Å². The van der Waals surface area contributed by atoms with E-state index in [4.69, 9.17) is 0 Å². The summed E-state index contributed by atoms with van der Waals surface area (Å²) in [6.07, 6.45) is 8.10. The van der Waals surface area contributed by atoms with Crippen LogP contribution in [-0.2, 0) is 0 Å². The Balaban J connectivity index is 2.22. The zero-order valence-electron chi connectivity index (χ0n) is 7.72. The molecule has 2 aliphatic heterocycles. The van der Waals surface area contributed by atoms with Gasteiger partial charge in [0.15, 0.2) is 0 Å². The van der Waals surface area contributed by atoms with E-state index < -0.39 is 0 Å². The monoisotopic (exact) mass is 182 g/mol. The third-order valence-electron chi connectivity index (χ3n) is 2.56. The molecule has 2 heteroatoms. The second-order valence-corrected chi connectivity index (χ2v) is 3.40. The standard InChI is InChI=1S/C12H10N2/c1-2-4-11-10(3-1)5-7-14-8-6-13-9-12(11)14/h1-7,9H,8H2. The Morgan fingerprint density at radius 1 is 1.21 bits per heavy atom. The fraction of sp³-hybridized carbons (Fsp3) is 0.0833. The molecular formula is C12H10N2. The van der Waals surface area contributed by atoms with Crippen molar-refractivity contribution in [1.82, 2.24) is 4.90 Å². The molecule has 0 radical (unpaired) electrons. The second kappa shape index (κ2) is 2.84. The lowest BCUT2D eigenvalue weighted by Gasteiger charge is -2.28. The average molecular weight is 182 g/mol. The van der Waals surface area contributed by atoms with Crippen LogP contribution < -0.4 is 0 Å². The van der Waals surface area contributed by atoms with Crippen LogP contribution in [0.25, 0.3) is 11.8 Å². The SMILES string of the molecule is C1=CN2CC=NC=C2c2ccccc21. The van der Waals surface area contributed by atoms with Crippen molar-refractivity contribution in [2.75, 3.05) is 6.54 Å². The van der Waals surface area contributed by atoms with Gasteiger partial charge in [0, 0.05) is 18.0 Å². The van der Waals surface area contributed by atoms with Gasteiger partial charge in [-0.15, -0.1) is 0 Å². The molecule has 0 spiro atoms. The zero-order valence-corrected chi connectivity index (χ0v) is 7.72. The highest BCUT2D eigenvalue weighted by Gasteiger charge is 2.16. The first-order valence-corrected chi connectivity index (χ1v) is 4.71. The molecule has 2 nitrogen and oxygen atoms in total. The number of benzene rings is 1. The van der Waals surface area contributed by atoms with Crippen LogP contribution >= 0.6 is 0 Å². The summed E-state index contributed by atoms with van der Waals surface area (Å²) >= 11 is 0. The highest BCUT2D eigenvalue weighted by molar-refractivity contribution is 5.82. The second-order valence-electron chi connectivity index (χ2n) is 3.40. The minimum Gasteiger partial charge on any atom is -0.341 e. The van der Waals surface area contributed by atoms with Gasteiger partial charge in [-0.05, 0) is 11.6 Å². The lowest BCUT2D eigenvalue weighted by Crippen LogP contribution is -2.22. The van der Waals surface area contributed by atoms with Crippen molar-refractivity contribution in [1.29, 1.82) is 0 Å². The third kappa shape index (κ3) is 1.01. The van der Waals surface area contributed by atoms with Gasteiger partial charge in [0.05, 0.1) is 18.4 Å². The average Bonchev–Trinajstić information content (AvgIpc) is 2.29. The summed E-state index contributed by atoms with van der Waals surface area (Å²) < 4.78 is 0. The van der Waals surface area contributed by atoms with E-state index in [-0.39, 0.29) is 0 Å². The van der Waals surface area contributed by atoms with E-state index in [1.165, 1.54) is 16.8 Å². The van der Waals surface area contributed by atoms with Crippen molar-refractivity contribution in [3.8, 4) is 0 Å². The van der Waals surface area contributed by atoms with Gasteiger partial charge in [-0.25, -0.2) is 0 Å². The molecule has 1 aromatic rings. The topological polar surface area (TPSA) is 15.6 Å². The molecule has 0 atom stereocenters. The van der Waals surface area contributed by atoms with E-state index in [1.54, 1.807) is 0 Å². The number of hydrogen-bond acceptors (Lipinski definition) is 2. The molecule has 0 unspecified atom stereocenters. The molecule has 0 amide bonds. The lowest BCUT2D eigenvalue weighted by atomic mass is 10.0. The quantitative estimate of drug-likeness (QED) is 0.601. The minimum atomic E-state index is 0.872. The Kier molecular flexibility index (Phi) is 1.53. The Morgan fingerprint density at radius 3 is 3.14 bits per heavy atom. The van der Waals surface area contributed by atoms with Crippen LogP contribution in [-0.4, -0.2) is 17.7 Å². The summed E-state index contributed by atoms with van der Waals surface area (Å²) in [5.41, 5.74) is 3.74. The molecular weight excluding hydrogens is 172 g/mol. The highest BCUT2D eigenvalue weighted by atomic mass is 15.1. The Morgan fingerprint density at radius 2 is 2.14 bits per heavy atom. The van der Waals surface area contributed by atoms with Gasteiger partial charge in [-0.1, -0.05) is 24.3 Å². The number of rotatable bonds is 0. The third-order valence-corrected chi connectivity index (χ3v) is 2.56. The molecule has 0 N–H and O–H groups in total. The summed E-state index contributed by atoms with van der Waals surface area (Å²) in [4.78, 5) is 6.40. The maximum atomic E-state index is 4.20. The molecule has 0 fully saturated rings. The molecule has 0 saturated heterocycles. The molecule has 0 saturated carbocycles. The van der Waals surface area contributed by atoms with Crippen LogP contribution in [0.15, 0.2) is 41.7 Å². The molecule has 68 valence electrons. The molecule has 1 aromatic carbocycles. The Labute approximate surface area is 82.9 Å². The zero-order chi connectivity index (χ0) is 9.38. The summed E-state index contributed by atoms with van der Waals surface area (Å²) in [5.74, 6) is 0. The van der Waals surface area contributed by atoms with Gasteiger partial charge in [0.25, 0.3) is 0 Å². The maximum Gasteiger partial charge on any atom is 0.0675 e. The fourth-order valence-corrected chi connectivity index (χ4v) is 1.84. The lowest BCUT2D eigenvalue weighted by molar-refractivity contribution is 0.607. The van der Waals surface area contributed by atoms with E-state index in [0.29, 0.717) is 0 Å². The summed E-state index contributed by atoms with van der Waals surface area (Å²) in [6, 6.07) is 8.39. The van der Waals surface area contributed by atoms with Crippen molar-refractivity contribution in [2.45, 2.75) is 0 Å². The summed E-state index contributed by atoms with van der Waals surface area (Å²) in [6.45, 7) is 0.872. The summed E-state index contributed by atoms with van der Waals surface area (Å²) in [7, 11) is 0. The van der Waals surface area contributed by atoms with E-state index in [9.17, 15) is 0 Å². The summed E-state index contributed by atoms with van der Waals surface area (Å²) in [5, 5.41) is 0. The van der Waals surface area contributed by atoms with E-state index in [2.05, 4.69) is 46.4 Å². The van der Waals surface area contributed by atoms with Gasteiger partial charge in [-0.3, -0.25) is 4.99 Å². The van der Waals surface area contributed by atoms with Gasteiger partial charge in [0.2, 0.25) is 0 Å². The van der Waals surface area contributed by atoms with Crippen LogP contribution in [0.3, 0.4) is 0 Å². The molecule has 0 bridgehead atoms. The van der Waals surface area contributed by atoms with Crippen LogP contribution in [0.1, 0.15) is 11.1 Å². The number of aliphatic imine (C=N–C) groups is 1. The first-order valence-electron chi connectivity index (χ1n) is 4.71. The number of nitrogens with zero attached hydrogens (tertiary/aromatic N) is 2. The first-order chi connectivity index (χ1) is 6.95. The van der Waals surface area contributed by atoms with Crippen molar-refractivity contribution in [3.63, 3.8) is 0 Å². The first kappa shape index (κ1) is 7.56. The number of hydrogen-bond donors (Lipinski definition) is 0. The fourth-order valence-electron chi connectivity index (χ4n) is 1.84. The van der Waals surface area contributed by atoms with Gasteiger partial charge in [0.1, 0.15) is 0 Å². The predicted octanol–water partition coefficient (Wildman–Crippen LogP) is 2.36. The number of fused-ring (bicyclic) bond motifs is 3. The van der Waals surface area contributed by atoms with E-state index >= 15 is 0 Å². The van der Waals surface area contributed by atoms with Crippen molar-refractivity contribution >= 4 is 18.0 Å².